The predicted molar refractivity (Wildman–Crippen MR) is 76.2 cm³/mol. The fraction of sp³-hybridized carbons (Fsp3) is 0.267. The Bertz CT molecular complexity index is 708. The van der Waals surface area contributed by atoms with E-state index in [9.17, 15) is 9.59 Å². The highest BCUT2D eigenvalue weighted by Gasteiger charge is 2.44. The molecule has 0 bridgehead atoms. The number of carboxylic acids is 1. The Kier molecular flexibility index (Phi) is 3.21. The highest BCUT2D eigenvalue weighted by Crippen LogP contribution is 2.48. The van der Waals surface area contributed by atoms with E-state index in [1.54, 1.807) is 0 Å². The Hall–Kier alpha value is -2.63. The van der Waals surface area contributed by atoms with Crippen molar-refractivity contribution in [1.29, 1.82) is 0 Å². The van der Waals surface area contributed by atoms with E-state index in [2.05, 4.69) is 21.6 Å². The van der Waals surface area contributed by atoms with Crippen LogP contribution in [0.5, 0.6) is 0 Å². The molecule has 1 aromatic heterocycles. The zero-order chi connectivity index (χ0) is 15.0. The molecule has 1 heterocycles. The minimum Gasteiger partial charge on any atom is -0.477 e. The molecule has 2 aromatic rings. The number of benzene rings is 1. The summed E-state index contributed by atoms with van der Waals surface area (Å²) in [6.07, 6.45) is 0.811. The number of hydrogen-bond donors (Lipinski definition) is 3. The topological polar surface area (TPSA) is 95.1 Å². The Balaban J connectivity index is 1.63. The van der Waals surface area contributed by atoms with Gasteiger partial charge in [-0.05, 0) is 24.8 Å². The number of nitrogens with one attached hydrogen (secondary N) is 2. The summed E-state index contributed by atoms with van der Waals surface area (Å²) >= 11 is 0. The number of aromatic carboxylic acids is 1. The Labute approximate surface area is 121 Å². The summed E-state index contributed by atoms with van der Waals surface area (Å²) in [6.45, 7) is 2.03. The van der Waals surface area contributed by atoms with Crippen molar-refractivity contribution in [3.63, 3.8) is 0 Å². The smallest absolute Gasteiger partial charge is 0.353 e. The van der Waals surface area contributed by atoms with Crippen LogP contribution in [0.2, 0.25) is 0 Å². The number of carbonyl (C=O) groups is 2. The second-order valence-electron chi connectivity index (χ2n) is 5.32. The molecule has 0 spiro atoms. The molecular formula is C15H15N3O3. The van der Waals surface area contributed by atoms with Gasteiger partial charge in [0.2, 0.25) is 5.91 Å². The van der Waals surface area contributed by atoms with Gasteiger partial charge in [0.25, 0.3) is 0 Å². The summed E-state index contributed by atoms with van der Waals surface area (Å²) in [5.41, 5.74) is 2.30. The number of aryl methyl sites for hydroxylation is 1. The summed E-state index contributed by atoms with van der Waals surface area (Å²) in [4.78, 5) is 22.8. The van der Waals surface area contributed by atoms with Gasteiger partial charge in [0.05, 0.1) is 0 Å². The van der Waals surface area contributed by atoms with E-state index in [-0.39, 0.29) is 29.3 Å². The van der Waals surface area contributed by atoms with E-state index < -0.39 is 5.97 Å². The molecule has 3 N–H and O–H groups in total. The van der Waals surface area contributed by atoms with Gasteiger partial charge in [-0.25, -0.2) is 4.79 Å². The van der Waals surface area contributed by atoms with Crippen LogP contribution in [0.15, 0.2) is 30.3 Å². The van der Waals surface area contributed by atoms with Crippen LogP contribution in [-0.2, 0) is 4.79 Å². The van der Waals surface area contributed by atoms with E-state index in [1.807, 2.05) is 25.1 Å². The number of rotatable bonds is 4. The minimum atomic E-state index is -1.10. The van der Waals surface area contributed by atoms with Crippen LogP contribution in [0.3, 0.4) is 0 Å². The standard InChI is InChI=1S/C15H15N3O3/c1-8-3-2-4-9(5-8)10-6-11(10)14(19)16-13-7-12(15(20)21)17-18-13/h2-5,7,10-11H,6H2,1H3,(H,20,21)(H2,16,17,18,19)/t10-,11+/m1/s1. The number of amides is 1. The van der Waals surface area contributed by atoms with Crippen molar-refractivity contribution in [2.45, 2.75) is 19.3 Å². The van der Waals surface area contributed by atoms with Gasteiger partial charge in [-0.2, -0.15) is 5.10 Å². The first-order chi connectivity index (χ1) is 10.0. The monoisotopic (exact) mass is 285 g/mol. The lowest BCUT2D eigenvalue weighted by molar-refractivity contribution is -0.117. The second kappa shape index (κ2) is 5.05. The van der Waals surface area contributed by atoms with Crippen LogP contribution < -0.4 is 5.32 Å². The van der Waals surface area contributed by atoms with Gasteiger partial charge in [-0.1, -0.05) is 29.8 Å². The maximum atomic E-state index is 12.1. The summed E-state index contributed by atoms with van der Waals surface area (Å²) in [7, 11) is 0. The van der Waals surface area contributed by atoms with Crippen LogP contribution in [0.25, 0.3) is 0 Å². The highest BCUT2D eigenvalue weighted by molar-refractivity contribution is 5.95. The fourth-order valence-corrected chi connectivity index (χ4v) is 2.47. The fourth-order valence-electron chi connectivity index (χ4n) is 2.47. The average Bonchev–Trinajstić information content (AvgIpc) is 3.11. The predicted octanol–water partition coefficient (Wildman–Crippen LogP) is 2.16. The van der Waals surface area contributed by atoms with Crippen LogP contribution in [0, 0.1) is 12.8 Å². The van der Waals surface area contributed by atoms with Crippen molar-refractivity contribution < 1.29 is 14.7 Å². The third-order valence-electron chi connectivity index (χ3n) is 3.66. The van der Waals surface area contributed by atoms with E-state index in [4.69, 9.17) is 5.11 Å². The summed E-state index contributed by atoms with van der Waals surface area (Å²) in [6, 6.07) is 9.45. The number of hydrogen-bond acceptors (Lipinski definition) is 3. The summed E-state index contributed by atoms with van der Waals surface area (Å²) in [5, 5.41) is 17.6. The van der Waals surface area contributed by atoms with Crippen molar-refractivity contribution >= 4 is 17.7 Å². The summed E-state index contributed by atoms with van der Waals surface area (Å²) < 4.78 is 0. The first-order valence-electron chi connectivity index (χ1n) is 6.70. The molecule has 0 unspecified atom stereocenters. The molecule has 1 aromatic carbocycles. The number of carbonyl (C=O) groups excluding carboxylic acids is 1. The lowest BCUT2D eigenvalue weighted by Gasteiger charge is -2.02. The Morgan fingerprint density at radius 3 is 2.86 bits per heavy atom. The molecule has 1 aliphatic rings. The Morgan fingerprint density at radius 1 is 1.38 bits per heavy atom. The van der Waals surface area contributed by atoms with Gasteiger partial charge in [-0.3, -0.25) is 9.89 Å². The first kappa shape index (κ1) is 13.4. The first-order valence-corrected chi connectivity index (χ1v) is 6.70. The van der Waals surface area contributed by atoms with Crippen LogP contribution in [0.1, 0.15) is 34.0 Å². The van der Waals surface area contributed by atoms with Gasteiger partial charge in [0.1, 0.15) is 5.69 Å². The molecule has 0 radical (unpaired) electrons. The van der Waals surface area contributed by atoms with Crippen molar-refractivity contribution in [1.82, 2.24) is 10.2 Å². The van der Waals surface area contributed by atoms with E-state index in [0.717, 1.165) is 6.42 Å². The molecular weight excluding hydrogens is 270 g/mol. The molecule has 0 aliphatic heterocycles. The Morgan fingerprint density at radius 2 is 2.19 bits per heavy atom. The molecule has 0 saturated heterocycles. The molecule has 21 heavy (non-hydrogen) atoms. The molecule has 6 heteroatoms. The van der Waals surface area contributed by atoms with Crippen LogP contribution >= 0.6 is 0 Å². The number of H-pyrrole nitrogens is 1. The van der Waals surface area contributed by atoms with Crippen molar-refractivity contribution in [3.8, 4) is 0 Å². The lowest BCUT2D eigenvalue weighted by atomic mass is 10.1. The molecule has 1 aliphatic carbocycles. The largest absolute Gasteiger partial charge is 0.477 e. The molecule has 1 fully saturated rings. The van der Waals surface area contributed by atoms with Gasteiger partial charge in [-0.15, -0.1) is 0 Å². The average molecular weight is 285 g/mol. The molecule has 6 nitrogen and oxygen atoms in total. The summed E-state index contributed by atoms with van der Waals surface area (Å²) in [5.74, 6) is -0.816. The van der Waals surface area contributed by atoms with Crippen LogP contribution in [0.4, 0.5) is 5.82 Å². The quantitative estimate of drug-likeness (QED) is 0.802. The highest BCUT2D eigenvalue weighted by atomic mass is 16.4. The number of aromatic nitrogens is 2. The van der Waals surface area contributed by atoms with E-state index >= 15 is 0 Å². The normalized spacial score (nSPS) is 20.0. The number of nitrogens with zero attached hydrogens (tertiary/aromatic N) is 1. The third kappa shape index (κ3) is 2.79. The molecule has 3 rings (SSSR count). The number of anilines is 1. The lowest BCUT2D eigenvalue weighted by Crippen LogP contribution is -2.14. The zero-order valence-corrected chi connectivity index (χ0v) is 11.5. The maximum absolute atomic E-state index is 12.1. The van der Waals surface area contributed by atoms with E-state index in [0.29, 0.717) is 0 Å². The number of carboxylic acid groups (broad SMARTS) is 1. The molecule has 108 valence electrons. The van der Waals surface area contributed by atoms with Crippen molar-refractivity contribution in [2.75, 3.05) is 5.32 Å². The van der Waals surface area contributed by atoms with Crippen molar-refractivity contribution in [3.05, 3.63) is 47.2 Å². The van der Waals surface area contributed by atoms with Gasteiger partial charge in [0, 0.05) is 12.0 Å². The molecule has 1 saturated carbocycles. The van der Waals surface area contributed by atoms with E-state index in [1.165, 1.54) is 17.2 Å². The minimum absolute atomic E-state index is 0.0451. The maximum Gasteiger partial charge on any atom is 0.353 e. The molecule has 1 amide bonds. The third-order valence-corrected chi connectivity index (χ3v) is 3.66. The number of aromatic amines is 1. The van der Waals surface area contributed by atoms with Crippen LogP contribution in [-0.4, -0.2) is 27.2 Å². The van der Waals surface area contributed by atoms with Gasteiger partial charge >= 0.3 is 5.97 Å². The second-order valence-corrected chi connectivity index (χ2v) is 5.32. The van der Waals surface area contributed by atoms with Gasteiger partial charge in [0.15, 0.2) is 5.82 Å². The van der Waals surface area contributed by atoms with Crippen molar-refractivity contribution in [2.24, 2.45) is 5.92 Å². The SMILES string of the molecule is Cc1cccc([C@H]2C[C@@H]2C(=O)Nc2cc(C(=O)O)[nH]n2)c1. The van der Waals surface area contributed by atoms with Gasteiger partial charge < -0.3 is 10.4 Å². The molecule has 2 atom stereocenters. The zero-order valence-electron chi connectivity index (χ0n) is 11.5.